The van der Waals surface area contributed by atoms with Gasteiger partial charge in [-0.2, -0.15) is 18.4 Å². The Morgan fingerprint density at radius 3 is 2.57 bits per heavy atom. The number of anilines is 1. The summed E-state index contributed by atoms with van der Waals surface area (Å²) in [5, 5.41) is 20.5. The molecule has 8 heteroatoms. The number of carboxylic acid groups (broad SMARTS) is 1. The van der Waals surface area contributed by atoms with Gasteiger partial charge in [-0.05, 0) is 18.1 Å². The first kappa shape index (κ1) is 16.8. The lowest BCUT2D eigenvalue weighted by molar-refractivity contribution is -0.141. The van der Waals surface area contributed by atoms with Crippen LogP contribution in [-0.2, 0) is 11.0 Å². The summed E-state index contributed by atoms with van der Waals surface area (Å²) in [4.78, 5) is 14.5. The molecule has 1 aromatic heterocycles. The van der Waals surface area contributed by atoms with Gasteiger partial charge in [-0.25, -0.2) is 9.78 Å². The smallest absolute Gasteiger partial charge is 0.433 e. The van der Waals surface area contributed by atoms with Crippen molar-refractivity contribution in [2.24, 2.45) is 5.92 Å². The van der Waals surface area contributed by atoms with Gasteiger partial charge in [0.15, 0.2) is 0 Å². The summed E-state index contributed by atoms with van der Waals surface area (Å²) in [7, 11) is 0. The van der Waals surface area contributed by atoms with E-state index in [-0.39, 0.29) is 17.3 Å². The van der Waals surface area contributed by atoms with E-state index in [1.54, 1.807) is 19.9 Å². The van der Waals surface area contributed by atoms with Crippen LogP contribution in [0.4, 0.5) is 19.0 Å². The molecule has 0 aliphatic rings. The van der Waals surface area contributed by atoms with Crippen molar-refractivity contribution in [1.82, 2.24) is 4.98 Å². The molecule has 0 aromatic carbocycles. The zero-order chi connectivity index (χ0) is 16.2. The third kappa shape index (κ3) is 4.08. The summed E-state index contributed by atoms with van der Waals surface area (Å²) < 4.78 is 37.9. The fourth-order valence-electron chi connectivity index (χ4n) is 1.65. The van der Waals surface area contributed by atoms with E-state index >= 15 is 0 Å². The van der Waals surface area contributed by atoms with Crippen LogP contribution >= 0.6 is 0 Å². The van der Waals surface area contributed by atoms with Crippen molar-refractivity contribution in [1.29, 1.82) is 5.26 Å². The second-order valence-corrected chi connectivity index (χ2v) is 4.55. The van der Waals surface area contributed by atoms with Crippen molar-refractivity contribution in [3.8, 4) is 6.07 Å². The van der Waals surface area contributed by atoms with E-state index in [0.29, 0.717) is 12.5 Å². The highest BCUT2D eigenvalue weighted by molar-refractivity contribution is 5.78. The first-order chi connectivity index (χ1) is 9.70. The third-order valence-electron chi connectivity index (χ3n) is 3.08. The van der Waals surface area contributed by atoms with Gasteiger partial charge in [0, 0.05) is 0 Å². The molecule has 0 radical (unpaired) electrons. The minimum Gasteiger partial charge on any atom is -0.480 e. The molecule has 1 rings (SSSR count). The summed E-state index contributed by atoms with van der Waals surface area (Å²) in [6.07, 6.45) is -4.16. The van der Waals surface area contributed by atoms with Gasteiger partial charge in [0.05, 0.1) is 5.56 Å². The second kappa shape index (κ2) is 6.43. The van der Waals surface area contributed by atoms with Crippen molar-refractivity contribution in [2.45, 2.75) is 32.5 Å². The number of hydrogen-bond acceptors (Lipinski definition) is 4. The first-order valence-corrected chi connectivity index (χ1v) is 6.18. The van der Waals surface area contributed by atoms with Crippen molar-refractivity contribution in [3.63, 3.8) is 0 Å². The fraction of sp³-hybridized carbons (Fsp3) is 0.462. The molecule has 21 heavy (non-hydrogen) atoms. The van der Waals surface area contributed by atoms with Crippen LogP contribution in [0.25, 0.3) is 0 Å². The Hall–Kier alpha value is -2.30. The zero-order valence-corrected chi connectivity index (χ0v) is 11.4. The number of carboxylic acids is 1. The molecule has 0 amide bonds. The molecular weight excluding hydrogens is 287 g/mol. The molecule has 0 aliphatic heterocycles. The van der Waals surface area contributed by atoms with E-state index in [4.69, 9.17) is 10.4 Å². The topological polar surface area (TPSA) is 86.0 Å². The van der Waals surface area contributed by atoms with Gasteiger partial charge >= 0.3 is 12.1 Å². The van der Waals surface area contributed by atoms with Crippen molar-refractivity contribution in [3.05, 3.63) is 23.4 Å². The summed E-state index contributed by atoms with van der Waals surface area (Å²) in [6.45, 7) is 3.40. The summed E-state index contributed by atoms with van der Waals surface area (Å²) in [5.74, 6) is -1.93. The van der Waals surface area contributed by atoms with Gasteiger partial charge in [0.25, 0.3) is 0 Å². The van der Waals surface area contributed by atoms with Gasteiger partial charge in [-0.3, -0.25) is 0 Å². The van der Waals surface area contributed by atoms with Gasteiger partial charge in [-0.15, -0.1) is 0 Å². The minimum atomic E-state index is -4.67. The van der Waals surface area contributed by atoms with E-state index in [9.17, 15) is 18.0 Å². The quantitative estimate of drug-likeness (QED) is 0.873. The SMILES string of the molecule is CC[C@H](C)[C@H](Nc1nc(C(F)(F)F)ccc1C#N)C(=O)O. The van der Waals surface area contributed by atoms with Crippen LogP contribution in [0.1, 0.15) is 31.5 Å². The maximum Gasteiger partial charge on any atom is 0.433 e. The number of pyridine rings is 1. The number of aliphatic carboxylic acids is 1. The number of nitrogens with zero attached hydrogens (tertiary/aromatic N) is 2. The molecule has 0 aliphatic carbocycles. The minimum absolute atomic E-state index is 0.141. The molecule has 5 nitrogen and oxygen atoms in total. The Morgan fingerprint density at radius 1 is 1.52 bits per heavy atom. The molecule has 2 N–H and O–H groups in total. The van der Waals surface area contributed by atoms with Gasteiger partial charge in [-0.1, -0.05) is 20.3 Å². The van der Waals surface area contributed by atoms with Crippen LogP contribution in [0.15, 0.2) is 12.1 Å². The average Bonchev–Trinajstić information content (AvgIpc) is 2.42. The zero-order valence-electron chi connectivity index (χ0n) is 11.4. The lowest BCUT2D eigenvalue weighted by Gasteiger charge is -2.21. The monoisotopic (exact) mass is 301 g/mol. The van der Waals surface area contributed by atoms with Gasteiger partial charge < -0.3 is 10.4 Å². The summed E-state index contributed by atoms with van der Waals surface area (Å²) >= 11 is 0. The molecule has 114 valence electrons. The number of rotatable bonds is 5. The van der Waals surface area contributed by atoms with Crippen LogP contribution < -0.4 is 5.32 Å². The van der Waals surface area contributed by atoms with Crippen molar-refractivity contribution >= 4 is 11.8 Å². The Balaban J connectivity index is 3.21. The highest BCUT2D eigenvalue weighted by Gasteiger charge is 2.34. The van der Waals surface area contributed by atoms with Crippen molar-refractivity contribution < 1.29 is 23.1 Å². The predicted molar refractivity (Wildman–Crippen MR) is 68.5 cm³/mol. The predicted octanol–water partition coefficient (Wildman–Crippen LogP) is 2.88. The van der Waals surface area contributed by atoms with Crippen molar-refractivity contribution in [2.75, 3.05) is 5.32 Å². The molecular formula is C13H14F3N3O2. The number of hydrogen-bond donors (Lipinski definition) is 2. The fourth-order valence-corrected chi connectivity index (χ4v) is 1.65. The molecule has 0 saturated heterocycles. The number of alkyl halides is 3. The number of halogens is 3. The number of nitriles is 1. The standard InChI is InChI=1S/C13H14F3N3O2/c1-3-7(2)10(12(20)21)19-11-8(6-17)4-5-9(18-11)13(14,15)16/h4-5,7,10H,3H2,1-2H3,(H,18,19)(H,20,21)/t7-,10-/m0/s1. The molecule has 0 unspecified atom stereocenters. The Labute approximate surface area is 119 Å². The summed E-state index contributed by atoms with van der Waals surface area (Å²) in [5.41, 5.74) is -1.32. The Bertz CT molecular complexity index is 567. The van der Waals surface area contributed by atoms with E-state index < -0.39 is 23.9 Å². The number of nitrogens with one attached hydrogen (secondary N) is 1. The lowest BCUT2D eigenvalue weighted by Crippen LogP contribution is -2.36. The van der Waals surface area contributed by atoms with Crippen LogP contribution in [0.2, 0.25) is 0 Å². The molecule has 0 fully saturated rings. The maximum atomic E-state index is 12.6. The number of carbonyl (C=O) groups is 1. The van der Waals surface area contributed by atoms with Crippen LogP contribution in [0.5, 0.6) is 0 Å². The molecule has 1 aromatic rings. The Morgan fingerprint density at radius 2 is 2.14 bits per heavy atom. The second-order valence-electron chi connectivity index (χ2n) is 4.55. The number of aromatic nitrogens is 1. The maximum absolute atomic E-state index is 12.6. The highest BCUT2D eigenvalue weighted by atomic mass is 19.4. The van der Waals surface area contributed by atoms with E-state index in [1.807, 2.05) is 0 Å². The highest BCUT2D eigenvalue weighted by Crippen LogP contribution is 2.29. The molecule has 0 spiro atoms. The van der Waals surface area contributed by atoms with E-state index in [2.05, 4.69) is 10.3 Å². The van der Waals surface area contributed by atoms with E-state index in [0.717, 1.165) is 6.07 Å². The van der Waals surface area contributed by atoms with Crippen LogP contribution in [0, 0.1) is 17.2 Å². The molecule has 0 bridgehead atoms. The molecule has 1 heterocycles. The van der Waals surface area contributed by atoms with Gasteiger partial charge in [0.1, 0.15) is 23.6 Å². The molecule has 2 atom stereocenters. The van der Waals surface area contributed by atoms with Crippen LogP contribution in [0.3, 0.4) is 0 Å². The van der Waals surface area contributed by atoms with Gasteiger partial charge in [0.2, 0.25) is 0 Å². The van der Waals surface area contributed by atoms with Crippen LogP contribution in [-0.4, -0.2) is 22.1 Å². The third-order valence-corrected chi connectivity index (χ3v) is 3.08. The van der Waals surface area contributed by atoms with E-state index in [1.165, 1.54) is 0 Å². The Kier molecular flexibility index (Phi) is 5.13. The first-order valence-electron chi connectivity index (χ1n) is 6.18. The summed E-state index contributed by atoms with van der Waals surface area (Å²) in [6, 6.07) is 2.21. The average molecular weight is 301 g/mol. The lowest BCUT2D eigenvalue weighted by atomic mass is 9.99. The largest absolute Gasteiger partial charge is 0.480 e. The normalized spacial score (nSPS) is 14.1. The molecule has 0 saturated carbocycles.